The molecule has 4 rings (SSSR count). The molecule has 5 nitrogen and oxygen atoms in total. The number of aliphatic imine (C=N–C) groups is 1. The number of rotatable bonds is 2. The first-order valence-electron chi connectivity index (χ1n) is 7.35. The summed E-state index contributed by atoms with van der Waals surface area (Å²) in [5.41, 5.74) is 3.98. The van der Waals surface area contributed by atoms with Crippen molar-refractivity contribution in [1.82, 2.24) is 9.55 Å². The van der Waals surface area contributed by atoms with Gasteiger partial charge in [-0.3, -0.25) is 9.56 Å². The maximum atomic E-state index is 11.4. The van der Waals surface area contributed by atoms with E-state index >= 15 is 0 Å². The Morgan fingerprint density at radius 1 is 1.17 bits per heavy atom. The van der Waals surface area contributed by atoms with E-state index in [4.69, 9.17) is 11.6 Å². The fourth-order valence-corrected chi connectivity index (χ4v) is 3.07. The zero-order valence-electron chi connectivity index (χ0n) is 12.5. The van der Waals surface area contributed by atoms with Crippen LogP contribution in [0, 0.1) is 0 Å². The molecular formula is C18H12ClN3O2. The predicted octanol–water partition coefficient (Wildman–Crippen LogP) is 3.57. The van der Waals surface area contributed by atoms with Crippen molar-refractivity contribution in [3.63, 3.8) is 0 Å². The number of fused-ring (bicyclic) bond motifs is 3. The van der Waals surface area contributed by atoms with Crippen LogP contribution in [-0.2, 0) is 6.54 Å². The van der Waals surface area contributed by atoms with Gasteiger partial charge in [0.2, 0.25) is 0 Å². The number of benzene rings is 2. The van der Waals surface area contributed by atoms with Gasteiger partial charge in [-0.1, -0.05) is 41.9 Å². The summed E-state index contributed by atoms with van der Waals surface area (Å²) in [5, 5.41) is 9.95. The van der Waals surface area contributed by atoms with Crippen molar-refractivity contribution < 1.29 is 9.90 Å². The van der Waals surface area contributed by atoms with Crippen LogP contribution in [0.2, 0.25) is 5.02 Å². The molecular weight excluding hydrogens is 326 g/mol. The number of hydrogen-bond donors (Lipinski definition) is 1. The van der Waals surface area contributed by atoms with Crippen LogP contribution in [0.15, 0.2) is 59.9 Å². The number of carboxylic acid groups (broad SMARTS) is 1. The molecule has 1 aliphatic rings. The first kappa shape index (κ1) is 14.7. The molecule has 0 radical (unpaired) electrons. The Balaban J connectivity index is 2.00. The van der Waals surface area contributed by atoms with E-state index in [9.17, 15) is 9.90 Å². The molecule has 1 aromatic heterocycles. The van der Waals surface area contributed by atoms with E-state index < -0.39 is 5.97 Å². The number of aromatic carboxylic acids is 1. The van der Waals surface area contributed by atoms with E-state index in [1.807, 2.05) is 42.5 Å². The summed E-state index contributed by atoms with van der Waals surface area (Å²) in [6.45, 7) is 0.234. The average molecular weight is 338 g/mol. The molecule has 0 spiro atoms. The van der Waals surface area contributed by atoms with Crippen molar-refractivity contribution in [3.8, 4) is 5.69 Å². The van der Waals surface area contributed by atoms with Crippen LogP contribution in [0.3, 0.4) is 0 Å². The molecule has 0 unspecified atom stereocenters. The quantitative estimate of drug-likeness (QED) is 0.777. The minimum atomic E-state index is -1.06. The van der Waals surface area contributed by atoms with Crippen LogP contribution in [0.1, 0.15) is 27.3 Å². The molecule has 6 heteroatoms. The molecule has 0 amide bonds. The van der Waals surface area contributed by atoms with E-state index in [0.717, 1.165) is 22.5 Å². The van der Waals surface area contributed by atoms with Crippen molar-refractivity contribution >= 4 is 23.3 Å². The van der Waals surface area contributed by atoms with Gasteiger partial charge in [-0.05, 0) is 18.2 Å². The zero-order valence-corrected chi connectivity index (χ0v) is 13.2. The van der Waals surface area contributed by atoms with Crippen LogP contribution in [0.4, 0.5) is 0 Å². The first-order valence-corrected chi connectivity index (χ1v) is 7.72. The van der Waals surface area contributed by atoms with Crippen molar-refractivity contribution in [1.29, 1.82) is 0 Å². The van der Waals surface area contributed by atoms with Crippen molar-refractivity contribution in [3.05, 3.63) is 82.4 Å². The third-order valence-electron chi connectivity index (χ3n) is 3.98. The van der Waals surface area contributed by atoms with Crippen molar-refractivity contribution in [2.45, 2.75) is 6.54 Å². The number of aromatic nitrogens is 2. The summed E-state index contributed by atoms with van der Waals surface area (Å²) in [5.74, 6) is -1.06. The van der Waals surface area contributed by atoms with E-state index in [1.165, 1.54) is 6.33 Å². The maximum absolute atomic E-state index is 11.4. The topological polar surface area (TPSA) is 67.5 Å². The number of carboxylic acids is 1. The molecule has 0 fully saturated rings. The highest BCUT2D eigenvalue weighted by atomic mass is 35.5. The van der Waals surface area contributed by atoms with Gasteiger partial charge in [-0.25, -0.2) is 9.78 Å². The maximum Gasteiger partial charge on any atom is 0.356 e. The molecule has 0 saturated heterocycles. The Labute approximate surface area is 142 Å². The molecule has 1 N–H and O–H groups in total. The zero-order chi connectivity index (χ0) is 16.7. The van der Waals surface area contributed by atoms with Crippen LogP contribution in [-0.4, -0.2) is 26.3 Å². The lowest BCUT2D eigenvalue weighted by Crippen LogP contribution is -2.07. The van der Waals surface area contributed by atoms with E-state index in [0.29, 0.717) is 10.7 Å². The number of hydrogen-bond acceptors (Lipinski definition) is 3. The summed E-state index contributed by atoms with van der Waals surface area (Å²) in [6, 6.07) is 15.3. The first-order chi connectivity index (χ1) is 11.6. The van der Waals surface area contributed by atoms with Crippen LogP contribution >= 0.6 is 11.6 Å². The Hall–Kier alpha value is -2.92. The molecule has 24 heavy (non-hydrogen) atoms. The molecule has 2 heterocycles. The lowest BCUT2D eigenvalue weighted by Gasteiger charge is -2.12. The number of carbonyl (C=O) groups is 1. The smallest absolute Gasteiger partial charge is 0.356 e. The number of imidazole rings is 1. The fourth-order valence-electron chi connectivity index (χ4n) is 2.90. The molecule has 0 atom stereocenters. The Morgan fingerprint density at radius 3 is 2.71 bits per heavy atom. The second-order valence-corrected chi connectivity index (χ2v) is 5.84. The normalized spacial score (nSPS) is 12.8. The van der Waals surface area contributed by atoms with Gasteiger partial charge in [0.05, 0.1) is 23.6 Å². The standard InChI is InChI=1S/C18H12ClN3O2/c19-12-6-7-14-13(8-12)16(11-4-2-1-3-5-11)20-9-15-17(18(23)24)21-10-22(14)15/h1-8,10H,9H2,(H,23,24). The minimum Gasteiger partial charge on any atom is -0.476 e. The van der Waals surface area contributed by atoms with Crippen LogP contribution in [0.25, 0.3) is 5.69 Å². The van der Waals surface area contributed by atoms with Crippen molar-refractivity contribution in [2.24, 2.45) is 4.99 Å². The Kier molecular flexibility index (Phi) is 3.43. The van der Waals surface area contributed by atoms with E-state index in [1.54, 1.807) is 10.6 Å². The summed E-state index contributed by atoms with van der Waals surface area (Å²) in [7, 11) is 0. The SMILES string of the molecule is O=C(O)c1ncn2c1CN=C(c1ccccc1)c1cc(Cl)ccc1-2. The van der Waals surface area contributed by atoms with Gasteiger partial charge >= 0.3 is 5.97 Å². The van der Waals surface area contributed by atoms with Crippen molar-refractivity contribution in [2.75, 3.05) is 0 Å². The third kappa shape index (κ3) is 2.30. The third-order valence-corrected chi connectivity index (χ3v) is 4.21. The molecule has 2 aromatic carbocycles. The van der Waals surface area contributed by atoms with Gasteiger partial charge in [0, 0.05) is 16.1 Å². The van der Waals surface area contributed by atoms with Gasteiger partial charge in [0.25, 0.3) is 0 Å². The minimum absolute atomic E-state index is 0.0222. The fraction of sp³-hybridized carbons (Fsp3) is 0.0556. The monoisotopic (exact) mass is 337 g/mol. The van der Waals surface area contributed by atoms with Gasteiger partial charge in [0.15, 0.2) is 5.69 Å². The number of nitrogens with zero attached hydrogens (tertiary/aromatic N) is 3. The molecule has 0 aliphatic carbocycles. The van der Waals surface area contributed by atoms with Gasteiger partial charge in [-0.15, -0.1) is 0 Å². The Bertz CT molecular complexity index is 977. The van der Waals surface area contributed by atoms with Crippen LogP contribution < -0.4 is 0 Å². The predicted molar refractivity (Wildman–Crippen MR) is 91.3 cm³/mol. The highest BCUT2D eigenvalue weighted by Crippen LogP contribution is 2.28. The molecule has 118 valence electrons. The van der Waals surface area contributed by atoms with Gasteiger partial charge in [-0.2, -0.15) is 0 Å². The van der Waals surface area contributed by atoms with E-state index in [2.05, 4.69) is 9.98 Å². The lowest BCUT2D eigenvalue weighted by molar-refractivity contribution is 0.0689. The summed E-state index contributed by atoms with van der Waals surface area (Å²) >= 11 is 6.19. The second-order valence-electron chi connectivity index (χ2n) is 5.41. The average Bonchev–Trinajstić information content (AvgIpc) is 2.94. The highest BCUT2D eigenvalue weighted by molar-refractivity contribution is 6.31. The Morgan fingerprint density at radius 2 is 1.96 bits per heavy atom. The lowest BCUT2D eigenvalue weighted by atomic mass is 10.0. The summed E-state index contributed by atoms with van der Waals surface area (Å²) in [6.07, 6.45) is 1.52. The van der Waals surface area contributed by atoms with Crippen LogP contribution in [0.5, 0.6) is 0 Å². The number of halogens is 1. The summed E-state index contributed by atoms with van der Waals surface area (Å²) < 4.78 is 1.77. The highest BCUT2D eigenvalue weighted by Gasteiger charge is 2.24. The second kappa shape index (κ2) is 5.62. The molecule has 3 aromatic rings. The summed E-state index contributed by atoms with van der Waals surface area (Å²) in [4.78, 5) is 20.1. The molecule has 1 aliphatic heterocycles. The van der Waals surface area contributed by atoms with Gasteiger partial charge in [0.1, 0.15) is 6.33 Å². The molecule has 0 saturated carbocycles. The van der Waals surface area contributed by atoms with E-state index in [-0.39, 0.29) is 12.2 Å². The largest absolute Gasteiger partial charge is 0.476 e. The molecule has 0 bridgehead atoms. The van der Waals surface area contributed by atoms with Gasteiger partial charge < -0.3 is 5.11 Å².